The molecule has 0 saturated heterocycles. The number of rotatable bonds is 5. The molecule has 0 saturated carbocycles. The van der Waals surface area contributed by atoms with Crippen molar-refractivity contribution in [3.05, 3.63) is 11.8 Å². The Morgan fingerprint density at radius 3 is 2.94 bits per heavy atom. The lowest BCUT2D eigenvalue weighted by Crippen LogP contribution is -2.18. The van der Waals surface area contributed by atoms with Crippen LogP contribution in [0.3, 0.4) is 0 Å². The molecule has 0 aliphatic rings. The molecule has 0 aliphatic carbocycles. The summed E-state index contributed by atoms with van der Waals surface area (Å²) < 4.78 is 1.63. The van der Waals surface area contributed by atoms with E-state index in [9.17, 15) is 4.79 Å². The minimum Gasteiger partial charge on any atom is -0.395 e. The van der Waals surface area contributed by atoms with Gasteiger partial charge in [-0.1, -0.05) is 6.92 Å². The molecule has 0 bridgehead atoms. The molecular formula is C10H17N3O2S. The summed E-state index contributed by atoms with van der Waals surface area (Å²) in [5, 5.41) is 15.8. The average molecular weight is 243 g/mol. The zero-order valence-corrected chi connectivity index (χ0v) is 10.5. The third kappa shape index (κ3) is 3.86. The Morgan fingerprint density at radius 1 is 1.75 bits per heavy atom. The van der Waals surface area contributed by atoms with Gasteiger partial charge in [-0.15, -0.1) is 11.8 Å². The van der Waals surface area contributed by atoms with Gasteiger partial charge in [0.25, 0.3) is 0 Å². The lowest BCUT2D eigenvalue weighted by Gasteiger charge is -2.08. The van der Waals surface area contributed by atoms with Crippen molar-refractivity contribution in [3.63, 3.8) is 0 Å². The second-order valence-electron chi connectivity index (χ2n) is 3.65. The number of aryl methyl sites for hydroxylation is 2. The number of aliphatic hydroxyl groups excluding tert-OH is 1. The predicted molar refractivity (Wildman–Crippen MR) is 65.6 cm³/mol. The van der Waals surface area contributed by atoms with Crippen LogP contribution in [0, 0.1) is 6.92 Å². The Labute approximate surface area is 99.2 Å². The standard InChI is InChI=1S/C10H17N3O2S/c1-7-4-9(13(3)12-7)11-10(15)6-16-8(2)5-14/h4,8,14H,5-6H2,1-3H3,(H,11,15)/t8-/m1/s1. The lowest BCUT2D eigenvalue weighted by molar-refractivity contribution is -0.113. The summed E-state index contributed by atoms with van der Waals surface area (Å²) in [7, 11) is 1.78. The van der Waals surface area contributed by atoms with Crippen molar-refractivity contribution < 1.29 is 9.90 Å². The van der Waals surface area contributed by atoms with Crippen LogP contribution in [0.5, 0.6) is 0 Å². The molecule has 0 fully saturated rings. The van der Waals surface area contributed by atoms with Crippen LogP contribution in [0.1, 0.15) is 12.6 Å². The summed E-state index contributed by atoms with van der Waals surface area (Å²) in [5.41, 5.74) is 0.870. The molecule has 0 aliphatic heterocycles. The molecule has 1 aromatic heterocycles. The number of anilines is 1. The molecule has 0 radical (unpaired) electrons. The van der Waals surface area contributed by atoms with E-state index in [1.807, 2.05) is 19.9 Å². The number of carbonyl (C=O) groups excluding carboxylic acids is 1. The molecular weight excluding hydrogens is 226 g/mol. The van der Waals surface area contributed by atoms with E-state index in [2.05, 4.69) is 10.4 Å². The van der Waals surface area contributed by atoms with E-state index >= 15 is 0 Å². The number of nitrogens with zero attached hydrogens (tertiary/aromatic N) is 2. The summed E-state index contributed by atoms with van der Waals surface area (Å²) in [6, 6.07) is 1.82. The van der Waals surface area contributed by atoms with Crippen LogP contribution in [0.15, 0.2) is 6.07 Å². The maximum absolute atomic E-state index is 11.5. The molecule has 5 nitrogen and oxygen atoms in total. The van der Waals surface area contributed by atoms with E-state index in [1.54, 1.807) is 11.7 Å². The Balaban J connectivity index is 2.43. The first-order valence-electron chi connectivity index (χ1n) is 5.06. The highest BCUT2D eigenvalue weighted by molar-refractivity contribution is 8.00. The van der Waals surface area contributed by atoms with Crippen molar-refractivity contribution in [1.29, 1.82) is 0 Å². The van der Waals surface area contributed by atoms with Crippen LogP contribution < -0.4 is 5.32 Å². The summed E-state index contributed by atoms with van der Waals surface area (Å²) in [6.45, 7) is 3.84. The van der Waals surface area contributed by atoms with Crippen LogP contribution in [-0.2, 0) is 11.8 Å². The van der Waals surface area contributed by atoms with Gasteiger partial charge in [0.05, 0.1) is 18.1 Å². The number of thioether (sulfide) groups is 1. The zero-order valence-electron chi connectivity index (χ0n) is 9.73. The monoisotopic (exact) mass is 243 g/mol. The molecule has 1 amide bonds. The molecule has 2 N–H and O–H groups in total. The van der Waals surface area contributed by atoms with Gasteiger partial charge in [0.1, 0.15) is 5.82 Å². The molecule has 1 heterocycles. The third-order valence-corrected chi connectivity index (χ3v) is 3.17. The van der Waals surface area contributed by atoms with Crippen molar-refractivity contribution in [2.24, 2.45) is 7.05 Å². The smallest absolute Gasteiger partial charge is 0.235 e. The van der Waals surface area contributed by atoms with Gasteiger partial charge in [0, 0.05) is 18.4 Å². The first kappa shape index (κ1) is 13.1. The highest BCUT2D eigenvalue weighted by atomic mass is 32.2. The molecule has 6 heteroatoms. The van der Waals surface area contributed by atoms with Crippen LogP contribution in [0.4, 0.5) is 5.82 Å². The van der Waals surface area contributed by atoms with Crippen LogP contribution in [0.2, 0.25) is 0 Å². The minimum atomic E-state index is -0.0756. The van der Waals surface area contributed by atoms with Crippen molar-refractivity contribution in [3.8, 4) is 0 Å². The number of amides is 1. The van der Waals surface area contributed by atoms with E-state index in [0.29, 0.717) is 11.6 Å². The van der Waals surface area contributed by atoms with Gasteiger partial charge in [-0.2, -0.15) is 5.10 Å². The molecule has 1 atom stereocenters. The summed E-state index contributed by atoms with van der Waals surface area (Å²) in [4.78, 5) is 11.5. The number of hydrogen-bond donors (Lipinski definition) is 2. The molecule has 0 unspecified atom stereocenters. The molecule has 0 aromatic carbocycles. The van der Waals surface area contributed by atoms with Gasteiger partial charge >= 0.3 is 0 Å². The molecule has 16 heavy (non-hydrogen) atoms. The number of hydrogen-bond acceptors (Lipinski definition) is 4. The quantitative estimate of drug-likeness (QED) is 0.802. The fourth-order valence-electron chi connectivity index (χ4n) is 1.18. The van der Waals surface area contributed by atoms with Crippen molar-refractivity contribution >= 4 is 23.5 Å². The van der Waals surface area contributed by atoms with Crippen molar-refractivity contribution in [2.75, 3.05) is 17.7 Å². The average Bonchev–Trinajstić information content (AvgIpc) is 2.54. The first-order chi connectivity index (χ1) is 7.52. The van der Waals surface area contributed by atoms with Crippen molar-refractivity contribution in [1.82, 2.24) is 9.78 Å². The maximum Gasteiger partial charge on any atom is 0.235 e. The fourth-order valence-corrected chi connectivity index (χ4v) is 1.79. The molecule has 0 spiro atoms. The van der Waals surface area contributed by atoms with Crippen LogP contribution >= 0.6 is 11.8 Å². The van der Waals surface area contributed by atoms with Crippen LogP contribution in [0.25, 0.3) is 0 Å². The summed E-state index contributed by atoms with van der Waals surface area (Å²) >= 11 is 1.42. The largest absolute Gasteiger partial charge is 0.395 e. The Bertz CT molecular complexity index is 365. The molecule has 1 rings (SSSR count). The Hall–Kier alpha value is -1.01. The second kappa shape index (κ2) is 5.91. The Kier molecular flexibility index (Phi) is 4.82. The first-order valence-corrected chi connectivity index (χ1v) is 6.10. The highest BCUT2D eigenvalue weighted by Gasteiger charge is 2.09. The number of aliphatic hydroxyl groups is 1. The molecule has 90 valence electrons. The van der Waals surface area contributed by atoms with Crippen LogP contribution in [-0.4, -0.2) is 38.4 Å². The van der Waals surface area contributed by atoms with Gasteiger partial charge in [-0.3, -0.25) is 9.48 Å². The molecule has 1 aromatic rings. The predicted octanol–water partition coefficient (Wildman–Crippen LogP) is 0.781. The van der Waals surface area contributed by atoms with Gasteiger partial charge in [-0.25, -0.2) is 0 Å². The summed E-state index contributed by atoms with van der Waals surface area (Å²) in [5.74, 6) is 0.958. The normalized spacial score (nSPS) is 12.5. The van der Waals surface area contributed by atoms with E-state index in [4.69, 9.17) is 5.11 Å². The number of carbonyl (C=O) groups is 1. The third-order valence-electron chi connectivity index (χ3n) is 2.03. The fraction of sp³-hybridized carbons (Fsp3) is 0.600. The number of nitrogens with one attached hydrogen (secondary N) is 1. The van der Waals surface area contributed by atoms with E-state index in [1.165, 1.54) is 11.8 Å². The van der Waals surface area contributed by atoms with E-state index < -0.39 is 0 Å². The lowest BCUT2D eigenvalue weighted by atomic mass is 10.4. The van der Waals surface area contributed by atoms with Gasteiger partial charge in [-0.05, 0) is 6.92 Å². The van der Waals surface area contributed by atoms with E-state index in [0.717, 1.165) is 5.69 Å². The van der Waals surface area contributed by atoms with Gasteiger partial charge < -0.3 is 10.4 Å². The van der Waals surface area contributed by atoms with Crippen molar-refractivity contribution in [2.45, 2.75) is 19.1 Å². The SMILES string of the molecule is Cc1cc(NC(=O)CS[C@H](C)CO)n(C)n1. The highest BCUT2D eigenvalue weighted by Crippen LogP contribution is 2.12. The topological polar surface area (TPSA) is 67.2 Å². The van der Waals surface area contributed by atoms with Gasteiger partial charge in [0.2, 0.25) is 5.91 Å². The Morgan fingerprint density at radius 2 is 2.44 bits per heavy atom. The summed E-state index contributed by atoms with van der Waals surface area (Å²) in [6.07, 6.45) is 0. The van der Waals surface area contributed by atoms with E-state index in [-0.39, 0.29) is 17.8 Å². The minimum absolute atomic E-state index is 0.0756. The van der Waals surface area contributed by atoms with Gasteiger partial charge in [0.15, 0.2) is 0 Å². The number of aromatic nitrogens is 2. The maximum atomic E-state index is 11.5. The zero-order chi connectivity index (χ0) is 12.1. The second-order valence-corrected chi connectivity index (χ2v) is 5.07.